The maximum Gasteiger partial charge on any atom is 0.250 e. The number of aryl methyl sites for hydroxylation is 2. The number of hydrogen-bond donors (Lipinski definition) is 2. The van der Waals surface area contributed by atoms with Gasteiger partial charge in [0.1, 0.15) is 0 Å². The van der Waals surface area contributed by atoms with Crippen molar-refractivity contribution in [2.75, 3.05) is 0 Å². The number of nitrogens with one attached hydrogen (secondary N) is 2. The second kappa shape index (κ2) is 7.08. The molecule has 3 aliphatic rings. The van der Waals surface area contributed by atoms with Gasteiger partial charge in [0.05, 0.1) is 28.6 Å². The first-order chi connectivity index (χ1) is 15.2. The normalized spacial score (nSPS) is 25.6. The van der Waals surface area contributed by atoms with Gasteiger partial charge in [-0.3, -0.25) is 4.79 Å². The zero-order valence-corrected chi connectivity index (χ0v) is 19.2. The molecular weight excluding hydrogens is 400 g/mol. The Morgan fingerprint density at radius 3 is 2.75 bits per heavy atom. The third-order valence-corrected chi connectivity index (χ3v) is 6.80. The Labute approximate surface area is 188 Å². The van der Waals surface area contributed by atoms with E-state index >= 15 is 0 Å². The topological polar surface area (TPSA) is 91.6 Å². The summed E-state index contributed by atoms with van der Waals surface area (Å²) in [7, 11) is 0. The van der Waals surface area contributed by atoms with E-state index in [0.29, 0.717) is 0 Å². The molecule has 0 spiro atoms. The van der Waals surface area contributed by atoms with Crippen LogP contribution in [0.1, 0.15) is 50.6 Å². The molecule has 0 saturated carbocycles. The summed E-state index contributed by atoms with van der Waals surface area (Å²) in [5.41, 5.74) is 6.78. The number of benzene rings is 1. The first kappa shape index (κ1) is 20.5. The van der Waals surface area contributed by atoms with Gasteiger partial charge in [-0.2, -0.15) is 20.4 Å². The summed E-state index contributed by atoms with van der Waals surface area (Å²) in [4.78, 5) is 13.5. The van der Waals surface area contributed by atoms with Crippen LogP contribution in [-0.2, 0) is 10.2 Å². The highest BCUT2D eigenvalue weighted by molar-refractivity contribution is 6.00. The molecule has 1 amide bonds. The van der Waals surface area contributed by atoms with Gasteiger partial charge in [-0.05, 0) is 57.4 Å². The van der Waals surface area contributed by atoms with E-state index in [4.69, 9.17) is 0 Å². The molecule has 2 aromatic rings. The van der Waals surface area contributed by atoms with E-state index in [1.54, 1.807) is 0 Å². The molecule has 2 atom stereocenters. The van der Waals surface area contributed by atoms with Gasteiger partial charge in [0.2, 0.25) is 0 Å². The SMILES string of the molecule is CC[C@@]1(c2cccc(-c3cc(C)nnc3C)c2)C2=CN=NC2NC2=C1C(=O)NC(C)(C)C2. The quantitative estimate of drug-likeness (QED) is 0.765. The van der Waals surface area contributed by atoms with Gasteiger partial charge in [-0.25, -0.2) is 0 Å². The van der Waals surface area contributed by atoms with E-state index in [1.165, 1.54) is 0 Å². The zero-order chi connectivity index (χ0) is 22.7. The van der Waals surface area contributed by atoms with E-state index in [1.807, 2.05) is 33.9 Å². The fraction of sp³-hybridized carbons (Fsp3) is 0.400. The number of aromatic nitrogens is 2. The van der Waals surface area contributed by atoms with E-state index < -0.39 is 5.41 Å². The second-order valence-corrected chi connectivity index (χ2v) is 9.56. The lowest BCUT2D eigenvalue weighted by atomic mass is 9.62. The number of nitrogens with zero attached hydrogens (tertiary/aromatic N) is 4. The molecule has 7 nitrogen and oxygen atoms in total. The van der Waals surface area contributed by atoms with Crippen molar-refractivity contribution in [3.05, 3.63) is 70.3 Å². The van der Waals surface area contributed by atoms with Gasteiger partial charge in [-0.1, -0.05) is 25.1 Å². The Hall–Kier alpha value is -3.35. The van der Waals surface area contributed by atoms with E-state index in [9.17, 15) is 4.79 Å². The predicted octanol–water partition coefficient (Wildman–Crippen LogP) is 4.24. The lowest BCUT2D eigenvalue weighted by Gasteiger charge is -2.48. The Balaban J connectivity index is 1.74. The van der Waals surface area contributed by atoms with E-state index in [-0.39, 0.29) is 17.6 Å². The maximum absolute atomic E-state index is 13.5. The third-order valence-electron chi connectivity index (χ3n) is 6.80. The van der Waals surface area contributed by atoms with Crippen molar-refractivity contribution in [2.24, 2.45) is 10.2 Å². The molecular formula is C25H28N6O. The smallest absolute Gasteiger partial charge is 0.250 e. The standard InChI is InChI=1S/C25H28N6O/c1-6-25(17-9-7-8-16(11-17)18-10-14(2)29-30-15(18)3)19-13-26-31-22(19)27-20-12-24(4,5)28-23(32)21(20)25/h7-11,13,22,27H,6,12H2,1-5H3,(H,28,32)/t22?,25-/m1/s1. The number of carbonyl (C=O) groups excluding carboxylic acids is 1. The molecule has 1 aromatic heterocycles. The van der Waals surface area contributed by atoms with E-state index in [2.05, 4.69) is 68.3 Å². The van der Waals surface area contributed by atoms with Crippen molar-refractivity contribution in [1.29, 1.82) is 0 Å². The molecule has 2 N–H and O–H groups in total. The molecule has 5 rings (SSSR count). The average molecular weight is 429 g/mol. The van der Waals surface area contributed by atoms with Crippen molar-refractivity contribution in [1.82, 2.24) is 20.8 Å². The van der Waals surface area contributed by atoms with Crippen LogP contribution >= 0.6 is 0 Å². The molecule has 0 fully saturated rings. The third kappa shape index (κ3) is 2.98. The molecule has 0 aliphatic carbocycles. The predicted molar refractivity (Wildman–Crippen MR) is 123 cm³/mol. The summed E-state index contributed by atoms with van der Waals surface area (Å²) in [6, 6.07) is 10.5. The number of azo groups is 1. The van der Waals surface area contributed by atoms with Crippen LogP contribution in [0, 0.1) is 13.8 Å². The maximum atomic E-state index is 13.5. The molecule has 0 saturated heterocycles. The minimum Gasteiger partial charge on any atom is -0.362 e. The Morgan fingerprint density at radius 2 is 1.97 bits per heavy atom. The van der Waals surface area contributed by atoms with Gasteiger partial charge in [-0.15, -0.1) is 0 Å². The highest BCUT2D eigenvalue weighted by atomic mass is 16.2. The van der Waals surface area contributed by atoms with Crippen molar-refractivity contribution in [2.45, 2.75) is 64.6 Å². The number of amides is 1. The van der Waals surface area contributed by atoms with E-state index in [0.717, 1.165) is 57.8 Å². The molecule has 164 valence electrons. The zero-order valence-electron chi connectivity index (χ0n) is 19.2. The Morgan fingerprint density at radius 1 is 1.16 bits per heavy atom. The van der Waals surface area contributed by atoms with Gasteiger partial charge in [0.25, 0.3) is 5.91 Å². The van der Waals surface area contributed by atoms with Crippen molar-refractivity contribution in [3.63, 3.8) is 0 Å². The summed E-state index contributed by atoms with van der Waals surface area (Å²) >= 11 is 0. The highest BCUT2D eigenvalue weighted by Crippen LogP contribution is 2.51. The molecule has 0 radical (unpaired) electrons. The number of rotatable bonds is 3. The lowest BCUT2D eigenvalue weighted by Crippen LogP contribution is -2.58. The van der Waals surface area contributed by atoms with Crippen LogP contribution in [0.4, 0.5) is 0 Å². The minimum absolute atomic E-state index is 0.0279. The number of hydrogen-bond acceptors (Lipinski definition) is 6. The Kier molecular flexibility index (Phi) is 4.55. The fourth-order valence-electron chi connectivity index (χ4n) is 5.40. The van der Waals surface area contributed by atoms with Crippen molar-refractivity contribution >= 4 is 5.91 Å². The average Bonchev–Trinajstić information content (AvgIpc) is 3.22. The molecule has 3 aliphatic heterocycles. The van der Waals surface area contributed by atoms with Crippen LogP contribution in [0.3, 0.4) is 0 Å². The molecule has 7 heteroatoms. The minimum atomic E-state index is -0.602. The molecule has 1 unspecified atom stereocenters. The molecule has 4 heterocycles. The van der Waals surface area contributed by atoms with Crippen LogP contribution in [0.25, 0.3) is 11.1 Å². The summed E-state index contributed by atoms with van der Waals surface area (Å²) in [6.45, 7) is 10.2. The van der Waals surface area contributed by atoms with Crippen LogP contribution in [0.5, 0.6) is 0 Å². The summed E-state index contributed by atoms with van der Waals surface area (Å²) < 4.78 is 0. The summed E-state index contributed by atoms with van der Waals surface area (Å²) in [5, 5.41) is 23.9. The first-order valence-corrected chi connectivity index (χ1v) is 11.1. The van der Waals surface area contributed by atoms with Crippen LogP contribution < -0.4 is 10.6 Å². The highest BCUT2D eigenvalue weighted by Gasteiger charge is 2.53. The van der Waals surface area contributed by atoms with Crippen LogP contribution in [0.15, 0.2) is 63.6 Å². The van der Waals surface area contributed by atoms with Crippen molar-refractivity contribution < 1.29 is 4.79 Å². The first-order valence-electron chi connectivity index (χ1n) is 11.1. The largest absolute Gasteiger partial charge is 0.362 e. The lowest BCUT2D eigenvalue weighted by molar-refractivity contribution is -0.120. The summed E-state index contributed by atoms with van der Waals surface area (Å²) in [5.74, 6) is -0.0279. The summed E-state index contributed by atoms with van der Waals surface area (Å²) in [6.07, 6.45) is 3.03. The molecule has 1 aromatic carbocycles. The van der Waals surface area contributed by atoms with Gasteiger partial charge >= 0.3 is 0 Å². The van der Waals surface area contributed by atoms with Gasteiger partial charge < -0.3 is 10.6 Å². The molecule has 0 bridgehead atoms. The Bertz CT molecular complexity index is 1220. The number of carbonyl (C=O) groups is 1. The van der Waals surface area contributed by atoms with Crippen LogP contribution in [0.2, 0.25) is 0 Å². The van der Waals surface area contributed by atoms with Crippen molar-refractivity contribution in [3.8, 4) is 11.1 Å². The fourth-order valence-corrected chi connectivity index (χ4v) is 5.40. The number of fused-ring (bicyclic) bond motifs is 1. The monoisotopic (exact) mass is 428 g/mol. The van der Waals surface area contributed by atoms with Gasteiger partial charge in [0.15, 0.2) is 6.17 Å². The second-order valence-electron chi connectivity index (χ2n) is 9.56. The van der Waals surface area contributed by atoms with Gasteiger partial charge in [0, 0.05) is 28.8 Å². The van der Waals surface area contributed by atoms with Crippen LogP contribution in [-0.4, -0.2) is 27.8 Å². The molecule has 32 heavy (non-hydrogen) atoms.